The monoisotopic (exact) mass is 238 g/mol. The smallest absolute Gasteiger partial charge is 0.334 e. The number of hydrogen-bond donors (Lipinski definition) is 1. The zero-order chi connectivity index (χ0) is 12.8. The number of carbonyl (C=O) groups is 1. The van der Waals surface area contributed by atoms with Crippen LogP contribution in [0, 0.1) is 0 Å². The lowest BCUT2D eigenvalue weighted by molar-refractivity contribution is -0.133. The summed E-state index contributed by atoms with van der Waals surface area (Å²) in [5.74, 6) is 0.212. The Morgan fingerprint density at radius 1 is 1.29 bits per heavy atom. The molecule has 0 aliphatic carbocycles. The van der Waals surface area contributed by atoms with E-state index in [1.165, 1.54) is 14.2 Å². The van der Waals surface area contributed by atoms with Crippen LogP contribution < -0.4 is 14.2 Å². The number of carboxylic acid groups (broad SMARTS) is 1. The molecule has 1 rings (SSSR count). The number of aliphatic carboxylic acids is 1. The lowest BCUT2D eigenvalue weighted by Crippen LogP contribution is -2.10. The molecule has 1 N–H and O–H groups in total. The molecule has 0 aromatic heterocycles. The number of carboxylic acids is 1. The van der Waals surface area contributed by atoms with E-state index in [4.69, 9.17) is 19.3 Å². The summed E-state index contributed by atoms with van der Waals surface area (Å²) in [5.41, 5.74) is -0.0436. The van der Waals surface area contributed by atoms with E-state index in [1.807, 2.05) is 0 Å². The zero-order valence-corrected chi connectivity index (χ0v) is 9.73. The standard InChI is InChI=1S/C12H14O5/c1-8(12(13)14)7-17-11-9(15-2)5-4-6-10(11)16-3/h4-6H,1,7H2,2-3H3,(H,13,14). The Kier molecular flexibility index (Phi) is 4.39. The van der Waals surface area contributed by atoms with Crippen LogP contribution in [-0.4, -0.2) is 31.9 Å². The molecule has 5 nitrogen and oxygen atoms in total. The fraction of sp³-hybridized carbons (Fsp3) is 0.250. The van der Waals surface area contributed by atoms with Gasteiger partial charge in [0, 0.05) is 0 Å². The molecule has 0 spiro atoms. The second-order valence-corrected chi connectivity index (χ2v) is 3.19. The summed E-state index contributed by atoms with van der Waals surface area (Å²) in [6.07, 6.45) is 0. The number of para-hydroxylation sites is 1. The van der Waals surface area contributed by atoms with Gasteiger partial charge in [0.25, 0.3) is 0 Å². The minimum Gasteiger partial charge on any atom is -0.493 e. The molecule has 0 aliphatic heterocycles. The lowest BCUT2D eigenvalue weighted by Gasteiger charge is -2.13. The van der Waals surface area contributed by atoms with Gasteiger partial charge in [-0.3, -0.25) is 0 Å². The van der Waals surface area contributed by atoms with Crippen LogP contribution in [0.2, 0.25) is 0 Å². The molecular weight excluding hydrogens is 224 g/mol. The second-order valence-electron chi connectivity index (χ2n) is 3.19. The molecule has 0 bridgehead atoms. The molecule has 0 unspecified atom stereocenters. The fourth-order valence-corrected chi connectivity index (χ4v) is 1.18. The van der Waals surface area contributed by atoms with Crippen LogP contribution in [0.5, 0.6) is 17.2 Å². The predicted octanol–water partition coefficient (Wildman–Crippen LogP) is 1.72. The number of ether oxygens (including phenoxy) is 3. The third-order valence-electron chi connectivity index (χ3n) is 2.08. The molecule has 0 fully saturated rings. The molecule has 1 aromatic carbocycles. The van der Waals surface area contributed by atoms with E-state index in [9.17, 15) is 4.79 Å². The quantitative estimate of drug-likeness (QED) is 0.764. The normalized spacial score (nSPS) is 9.53. The molecule has 5 heteroatoms. The third kappa shape index (κ3) is 3.14. The van der Waals surface area contributed by atoms with Crippen LogP contribution >= 0.6 is 0 Å². The Hall–Kier alpha value is -2.17. The number of rotatable bonds is 6. The van der Waals surface area contributed by atoms with E-state index in [1.54, 1.807) is 18.2 Å². The highest BCUT2D eigenvalue weighted by Gasteiger charge is 2.13. The maximum absolute atomic E-state index is 10.6. The first-order valence-corrected chi connectivity index (χ1v) is 4.85. The van der Waals surface area contributed by atoms with Gasteiger partial charge in [0.05, 0.1) is 19.8 Å². The minimum atomic E-state index is -1.10. The molecule has 0 saturated carbocycles. The van der Waals surface area contributed by atoms with Gasteiger partial charge in [-0.1, -0.05) is 12.6 Å². The van der Waals surface area contributed by atoms with E-state index in [0.29, 0.717) is 17.2 Å². The van der Waals surface area contributed by atoms with Gasteiger partial charge in [0.2, 0.25) is 5.75 Å². The summed E-state index contributed by atoms with van der Waals surface area (Å²) in [5, 5.41) is 8.67. The summed E-state index contributed by atoms with van der Waals surface area (Å²) < 4.78 is 15.5. The van der Waals surface area contributed by atoms with Gasteiger partial charge in [0.1, 0.15) is 6.61 Å². The molecule has 0 atom stereocenters. The van der Waals surface area contributed by atoms with Gasteiger partial charge < -0.3 is 19.3 Å². The van der Waals surface area contributed by atoms with E-state index < -0.39 is 5.97 Å². The van der Waals surface area contributed by atoms with E-state index in [0.717, 1.165) is 0 Å². The summed E-state index contributed by atoms with van der Waals surface area (Å²) in [4.78, 5) is 10.6. The summed E-state index contributed by atoms with van der Waals surface area (Å²) in [6, 6.07) is 5.14. The van der Waals surface area contributed by atoms with Crippen molar-refractivity contribution in [1.82, 2.24) is 0 Å². The molecule has 0 radical (unpaired) electrons. The summed E-state index contributed by atoms with van der Waals surface area (Å²) >= 11 is 0. The second kappa shape index (κ2) is 5.79. The van der Waals surface area contributed by atoms with Crippen molar-refractivity contribution in [2.45, 2.75) is 0 Å². The van der Waals surface area contributed by atoms with Gasteiger partial charge in [-0.25, -0.2) is 4.79 Å². The van der Waals surface area contributed by atoms with Crippen LogP contribution in [0.3, 0.4) is 0 Å². The average Bonchev–Trinajstić information content (AvgIpc) is 2.34. The molecular formula is C12H14O5. The van der Waals surface area contributed by atoms with Crippen LogP contribution in [0.25, 0.3) is 0 Å². The van der Waals surface area contributed by atoms with Crippen molar-refractivity contribution in [3.05, 3.63) is 30.4 Å². The van der Waals surface area contributed by atoms with Crippen LogP contribution in [-0.2, 0) is 4.79 Å². The van der Waals surface area contributed by atoms with Crippen molar-refractivity contribution in [2.24, 2.45) is 0 Å². The van der Waals surface area contributed by atoms with Crippen molar-refractivity contribution < 1.29 is 24.1 Å². The van der Waals surface area contributed by atoms with Gasteiger partial charge in [-0.05, 0) is 12.1 Å². The minimum absolute atomic E-state index is 0.0436. The summed E-state index contributed by atoms with van der Waals surface area (Å²) in [6.45, 7) is 3.24. The highest BCUT2D eigenvalue weighted by atomic mass is 16.5. The predicted molar refractivity (Wildman–Crippen MR) is 61.8 cm³/mol. The molecule has 17 heavy (non-hydrogen) atoms. The van der Waals surface area contributed by atoms with Crippen LogP contribution in [0.15, 0.2) is 30.4 Å². The zero-order valence-electron chi connectivity index (χ0n) is 9.73. The maximum atomic E-state index is 10.6. The fourth-order valence-electron chi connectivity index (χ4n) is 1.18. The highest BCUT2D eigenvalue weighted by Crippen LogP contribution is 2.36. The Balaban J connectivity index is 2.88. The number of benzene rings is 1. The maximum Gasteiger partial charge on any atom is 0.334 e. The Labute approximate surface area is 99.2 Å². The molecule has 0 amide bonds. The van der Waals surface area contributed by atoms with Crippen LogP contribution in [0.4, 0.5) is 0 Å². The Bertz CT molecular complexity index is 403. The van der Waals surface area contributed by atoms with E-state index in [-0.39, 0.29) is 12.2 Å². The largest absolute Gasteiger partial charge is 0.493 e. The van der Waals surface area contributed by atoms with Gasteiger partial charge >= 0.3 is 5.97 Å². The lowest BCUT2D eigenvalue weighted by atomic mass is 10.3. The van der Waals surface area contributed by atoms with Gasteiger partial charge in [0.15, 0.2) is 11.5 Å². The van der Waals surface area contributed by atoms with Crippen molar-refractivity contribution in [2.75, 3.05) is 20.8 Å². The van der Waals surface area contributed by atoms with Crippen molar-refractivity contribution in [3.8, 4) is 17.2 Å². The first-order valence-electron chi connectivity index (χ1n) is 4.85. The topological polar surface area (TPSA) is 65.0 Å². The first-order chi connectivity index (χ1) is 8.10. The molecule has 0 aliphatic rings. The molecule has 0 heterocycles. The third-order valence-corrected chi connectivity index (χ3v) is 2.08. The number of methoxy groups -OCH3 is 2. The highest BCUT2D eigenvalue weighted by molar-refractivity contribution is 5.86. The average molecular weight is 238 g/mol. The van der Waals surface area contributed by atoms with Gasteiger partial charge in [-0.15, -0.1) is 0 Å². The van der Waals surface area contributed by atoms with Crippen molar-refractivity contribution in [1.29, 1.82) is 0 Å². The van der Waals surface area contributed by atoms with Gasteiger partial charge in [-0.2, -0.15) is 0 Å². The Morgan fingerprint density at radius 2 is 1.82 bits per heavy atom. The molecule has 92 valence electrons. The van der Waals surface area contributed by atoms with E-state index >= 15 is 0 Å². The van der Waals surface area contributed by atoms with Crippen molar-refractivity contribution in [3.63, 3.8) is 0 Å². The van der Waals surface area contributed by atoms with Crippen molar-refractivity contribution >= 4 is 5.97 Å². The van der Waals surface area contributed by atoms with Crippen LogP contribution in [0.1, 0.15) is 0 Å². The summed E-state index contributed by atoms with van der Waals surface area (Å²) in [7, 11) is 2.99. The van der Waals surface area contributed by atoms with E-state index in [2.05, 4.69) is 6.58 Å². The molecule has 0 saturated heterocycles. The SMILES string of the molecule is C=C(COc1c(OC)cccc1OC)C(=O)O. The Morgan fingerprint density at radius 3 is 2.24 bits per heavy atom. The first kappa shape index (κ1) is 12.9. The number of hydrogen-bond acceptors (Lipinski definition) is 4. The molecule has 1 aromatic rings.